The number of pyridine rings is 1. The van der Waals surface area contributed by atoms with Gasteiger partial charge in [-0.05, 0) is 25.0 Å². The Balaban J connectivity index is 2.85. The molecule has 0 unspecified atom stereocenters. The highest BCUT2D eigenvalue weighted by molar-refractivity contribution is 5.94. The van der Waals surface area contributed by atoms with Crippen LogP contribution in [-0.2, 0) is 4.74 Å². The van der Waals surface area contributed by atoms with Gasteiger partial charge in [-0.2, -0.15) is 0 Å². The van der Waals surface area contributed by atoms with Gasteiger partial charge in [-0.25, -0.2) is 9.78 Å². The number of methoxy groups -OCH3 is 1. The predicted octanol–water partition coefficient (Wildman–Crippen LogP) is 2.08. The van der Waals surface area contributed by atoms with Crippen LogP contribution in [0, 0.1) is 5.41 Å². The normalized spacial score (nSPS) is 11.2. The molecule has 0 bridgehead atoms. The van der Waals surface area contributed by atoms with Gasteiger partial charge >= 0.3 is 5.97 Å². The largest absolute Gasteiger partial charge is 0.465 e. The van der Waals surface area contributed by atoms with E-state index in [1.807, 2.05) is 13.8 Å². The summed E-state index contributed by atoms with van der Waals surface area (Å²) in [7, 11) is 1.34. The molecule has 0 aliphatic carbocycles. The van der Waals surface area contributed by atoms with Gasteiger partial charge in [0.2, 0.25) is 0 Å². The summed E-state index contributed by atoms with van der Waals surface area (Å²) in [4.78, 5) is 15.8. The number of hydrogen-bond acceptors (Lipinski definition) is 5. The number of hydrogen-bond donors (Lipinski definition) is 2. The summed E-state index contributed by atoms with van der Waals surface area (Å²) >= 11 is 0. The van der Waals surface area contributed by atoms with Crippen LogP contribution in [-0.4, -0.2) is 36.3 Å². The molecule has 0 saturated carbocycles. The highest BCUT2D eigenvalue weighted by Crippen LogP contribution is 2.26. The van der Waals surface area contributed by atoms with E-state index >= 15 is 0 Å². The fraction of sp³-hybridized carbons (Fsp3) is 0.571. The van der Waals surface area contributed by atoms with Crippen LogP contribution in [0.15, 0.2) is 18.3 Å². The van der Waals surface area contributed by atoms with Crippen molar-refractivity contribution in [1.82, 2.24) is 4.98 Å². The molecule has 5 heteroatoms. The molecule has 0 saturated heterocycles. The van der Waals surface area contributed by atoms with E-state index in [0.717, 1.165) is 12.8 Å². The molecular weight excluding hydrogens is 244 g/mol. The number of aromatic nitrogens is 1. The minimum atomic E-state index is -0.418. The highest BCUT2D eigenvalue weighted by atomic mass is 16.5. The first kappa shape index (κ1) is 15.4. The molecule has 1 aromatic heterocycles. The van der Waals surface area contributed by atoms with E-state index < -0.39 is 5.97 Å². The summed E-state index contributed by atoms with van der Waals surface area (Å²) < 4.78 is 4.72. The standard InChI is InChI=1S/C14H22N2O3/c1-4-14(5-2,10-17)9-16-12-11(13(18)19-3)7-6-8-15-12/h6-8,17H,4-5,9-10H2,1-3H3,(H,15,16). The first-order valence-electron chi connectivity index (χ1n) is 6.50. The van der Waals surface area contributed by atoms with E-state index in [9.17, 15) is 9.90 Å². The lowest BCUT2D eigenvalue weighted by atomic mass is 9.83. The summed E-state index contributed by atoms with van der Waals surface area (Å²) in [5, 5.41) is 12.7. The van der Waals surface area contributed by atoms with E-state index in [4.69, 9.17) is 4.74 Å². The van der Waals surface area contributed by atoms with Crippen LogP contribution in [0.5, 0.6) is 0 Å². The SMILES string of the molecule is CCC(CC)(CO)CNc1ncccc1C(=O)OC. The molecule has 106 valence electrons. The maximum absolute atomic E-state index is 11.6. The number of esters is 1. The average molecular weight is 266 g/mol. The number of anilines is 1. The fourth-order valence-electron chi connectivity index (χ4n) is 1.87. The first-order chi connectivity index (χ1) is 9.12. The quantitative estimate of drug-likeness (QED) is 0.739. The maximum Gasteiger partial charge on any atom is 0.341 e. The number of nitrogens with zero attached hydrogens (tertiary/aromatic N) is 1. The van der Waals surface area contributed by atoms with Gasteiger partial charge in [0.1, 0.15) is 11.4 Å². The number of carbonyl (C=O) groups excluding carboxylic acids is 1. The maximum atomic E-state index is 11.6. The van der Waals surface area contributed by atoms with Crippen LogP contribution >= 0.6 is 0 Å². The van der Waals surface area contributed by atoms with Crippen molar-refractivity contribution in [2.75, 3.05) is 25.6 Å². The lowest BCUT2D eigenvalue weighted by Gasteiger charge is -2.30. The molecule has 0 aliphatic heterocycles. The summed E-state index contributed by atoms with van der Waals surface area (Å²) in [6.45, 7) is 4.76. The molecule has 0 fully saturated rings. The van der Waals surface area contributed by atoms with Crippen LogP contribution in [0.1, 0.15) is 37.0 Å². The second-order valence-electron chi connectivity index (χ2n) is 4.61. The van der Waals surface area contributed by atoms with Crippen LogP contribution in [0.3, 0.4) is 0 Å². The van der Waals surface area contributed by atoms with Crippen LogP contribution < -0.4 is 5.32 Å². The third-order valence-electron chi connectivity index (χ3n) is 3.68. The number of rotatable bonds is 7. The summed E-state index contributed by atoms with van der Waals surface area (Å²) in [5.41, 5.74) is 0.217. The van der Waals surface area contributed by atoms with Crippen LogP contribution in [0.2, 0.25) is 0 Å². The Bertz CT molecular complexity index is 409. The second-order valence-corrected chi connectivity index (χ2v) is 4.61. The molecule has 0 atom stereocenters. The third kappa shape index (κ3) is 3.67. The highest BCUT2D eigenvalue weighted by Gasteiger charge is 2.25. The molecule has 1 heterocycles. The van der Waals surface area contributed by atoms with E-state index in [-0.39, 0.29) is 12.0 Å². The molecule has 2 N–H and O–H groups in total. The van der Waals surface area contributed by atoms with Crippen molar-refractivity contribution in [2.45, 2.75) is 26.7 Å². The monoisotopic (exact) mass is 266 g/mol. The van der Waals surface area contributed by atoms with Crippen molar-refractivity contribution in [1.29, 1.82) is 0 Å². The Morgan fingerprint density at radius 3 is 2.68 bits per heavy atom. The van der Waals surface area contributed by atoms with E-state index in [1.54, 1.807) is 18.3 Å². The van der Waals surface area contributed by atoms with Gasteiger partial charge in [0.25, 0.3) is 0 Å². The van der Waals surface area contributed by atoms with Gasteiger partial charge in [0.15, 0.2) is 0 Å². The fourth-order valence-corrected chi connectivity index (χ4v) is 1.87. The second kappa shape index (κ2) is 7.09. The number of aliphatic hydroxyl groups excluding tert-OH is 1. The molecule has 0 aliphatic rings. The van der Waals surface area contributed by atoms with Gasteiger partial charge < -0.3 is 15.2 Å². The van der Waals surface area contributed by atoms with Crippen molar-refractivity contribution in [3.8, 4) is 0 Å². The summed E-state index contributed by atoms with van der Waals surface area (Å²) in [5.74, 6) is 0.0762. The number of nitrogens with one attached hydrogen (secondary N) is 1. The molecule has 1 aromatic rings. The minimum Gasteiger partial charge on any atom is -0.465 e. The first-order valence-corrected chi connectivity index (χ1v) is 6.50. The van der Waals surface area contributed by atoms with Crippen molar-refractivity contribution in [2.24, 2.45) is 5.41 Å². The van der Waals surface area contributed by atoms with Gasteiger partial charge in [-0.3, -0.25) is 0 Å². The molecule has 0 spiro atoms. The molecule has 0 radical (unpaired) electrons. The van der Waals surface area contributed by atoms with E-state index in [0.29, 0.717) is 17.9 Å². The lowest BCUT2D eigenvalue weighted by molar-refractivity contribution is 0.0601. The zero-order valence-electron chi connectivity index (χ0n) is 11.8. The van der Waals surface area contributed by atoms with Crippen LogP contribution in [0.4, 0.5) is 5.82 Å². The topological polar surface area (TPSA) is 71.5 Å². The Morgan fingerprint density at radius 2 is 2.16 bits per heavy atom. The van der Waals surface area contributed by atoms with Crippen molar-refractivity contribution >= 4 is 11.8 Å². The Morgan fingerprint density at radius 1 is 1.47 bits per heavy atom. The molecule has 0 amide bonds. The van der Waals surface area contributed by atoms with Crippen LogP contribution in [0.25, 0.3) is 0 Å². The summed E-state index contributed by atoms with van der Waals surface area (Å²) in [6.07, 6.45) is 3.33. The van der Waals surface area contributed by atoms with Gasteiger partial charge in [-0.1, -0.05) is 13.8 Å². The van der Waals surface area contributed by atoms with Crippen molar-refractivity contribution < 1.29 is 14.6 Å². The van der Waals surface area contributed by atoms with Gasteiger partial charge in [0.05, 0.1) is 13.7 Å². The van der Waals surface area contributed by atoms with Crippen molar-refractivity contribution in [3.05, 3.63) is 23.9 Å². The van der Waals surface area contributed by atoms with E-state index in [2.05, 4.69) is 10.3 Å². The number of ether oxygens (including phenoxy) is 1. The zero-order valence-corrected chi connectivity index (χ0v) is 11.8. The zero-order chi connectivity index (χ0) is 14.3. The molecular formula is C14H22N2O3. The Hall–Kier alpha value is -1.62. The number of carbonyl (C=O) groups is 1. The molecule has 1 rings (SSSR count). The predicted molar refractivity (Wildman–Crippen MR) is 74.2 cm³/mol. The summed E-state index contributed by atoms with van der Waals surface area (Å²) in [6, 6.07) is 3.36. The molecule has 19 heavy (non-hydrogen) atoms. The lowest BCUT2D eigenvalue weighted by Crippen LogP contribution is -2.33. The third-order valence-corrected chi connectivity index (χ3v) is 3.68. The smallest absolute Gasteiger partial charge is 0.341 e. The Labute approximate surface area is 114 Å². The Kier molecular flexibility index (Phi) is 5.76. The average Bonchev–Trinajstić information content (AvgIpc) is 2.49. The van der Waals surface area contributed by atoms with Gasteiger partial charge in [0, 0.05) is 18.2 Å². The van der Waals surface area contributed by atoms with E-state index in [1.165, 1.54) is 7.11 Å². The minimum absolute atomic E-state index is 0.105. The molecule has 5 nitrogen and oxygen atoms in total. The number of aliphatic hydroxyl groups is 1. The van der Waals surface area contributed by atoms with Gasteiger partial charge in [-0.15, -0.1) is 0 Å². The molecule has 0 aromatic carbocycles. The van der Waals surface area contributed by atoms with Crippen molar-refractivity contribution in [3.63, 3.8) is 0 Å².